The van der Waals surface area contributed by atoms with Gasteiger partial charge in [-0.25, -0.2) is 5.43 Å². The van der Waals surface area contributed by atoms with E-state index in [1.54, 1.807) is 36.8 Å². The fourth-order valence-electron chi connectivity index (χ4n) is 1.55. The summed E-state index contributed by atoms with van der Waals surface area (Å²) in [6.07, 6.45) is 4.84. The smallest absolute Gasteiger partial charge is 0.0898 e. The van der Waals surface area contributed by atoms with Gasteiger partial charge < -0.3 is 0 Å². The first-order valence-electron chi connectivity index (χ1n) is 4.88. The van der Waals surface area contributed by atoms with Crippen LogP contribution in [0, 0.1) is 0 Å². The highest BCUT2D eigenvalue weighted by Crippen LogP contribution is 2.26. The van der Waals surface area contributed by atoms with Gasteiger partial charge in [-0.1, -0.05) is 23.2 Å². The minimum absolute atomic E-state index is 0.292. The molecule has 1 heterocycles. The van der Waals surface area contributed by atoms with Crippen molar-refractivity contribution in [1.29, 1.82) is 0 Å². The van der Waals surface area contributed by atoms with Crippen LogP contribution in [-0.4, -0.2) is 9.97 Å². The molecule has 4 nitrogen and oxygen atoms in total. The molecule has 0 bridgehead atoms. The van der Waals surface area contributed by atoms with Crippen LogP contribution >= 0.6 is 23.2 Å². The topological polar surface area (TPSA) is 63.8 Å². The Morgan fingerprint density at radius 1 is 1.12 bits per heavy atom. The predicted octanol–water partition coefficient (Wildman–Crippen LogP) is 2.34. The Morgan fingerprint density at radius 3 is 2.35 bits per heavy atom. The minimum Gasteiger partial charge on any atom is -0.271 e. The van der Waals surface area contributed by atoms with E-state index >= 15 is 0 Å². The van der Waals surface area contributed by atoms with E-state index in [-0.39, 0.29) is 6.04 Å². The van der Waals surface area contributed by atoms with Crippen LogP contribution in [0.2, 0.25) is 10.0 Å². The van der Waals surface area contributed by atoms with Gasteiger partial charge in [-0.2, -0.15) is 0 Å². The van der Waals surface area contributed by atoms with Crippen LogP contribution in [0.4, 0.5) is 0 Å². The number of rotatable bonds is 3. The second-order valence-corrected chi connectivity index (χ2v) is 4.31. The molecule has 0 saturated heterocycles. The second-order valence-electron chi connectivity index (χ2n) is 3.43. The van der Waals surface area contributed by atoms with Gasteiger partial charge in [0.25, 0.3) is 0 Å². The molecule has 0 spiro atoms. The van der Waals surface area contributed by atoms with Crippen molar-refractivity contribution < 1.29 is 0 Å². The Hall–Kier alpha value is -1.20. The highest BCUT2D eigenvalue weighted by Gasteiger charge is 2.14. The third-order valence-electron chi connectivity index (χ3n) is 2.26. The Labute approximate surface area is 109 Å². The highest BCUT2D eigenvalue weighted by molar-refractivity contribution is 6.34. The standard InChI is InChI=1S/C11H10Cl2N4/c12-8-3-7(4-9(13)5-8)11(17-14)10-6-15-1-2-16-10/h1-6,11,17H,14H2. The van der Waals surface area contributed by atoms with E-state index < -0.39 is 0 Å². The molecule has 0 aliphatic carbocycles. The van der Waals surface area contributed by atoms with Crippen molar-refractivity contribution in [2.75, 3.05) is 0 Å². The first-order valence-corrected chi connectivity index (χ1v) is 5.64. The van der Waals surface area contributed by atoms with Crippen LogP contribution < -0.4 is 11.3 Å². The molecule has 0 radical (unpaired) electrons. The number of nitrogens with two attached hydrogens (primary N) is 1. The Morgan fingerprint density at radius 2 is 1.82 bits per heavy atom. The summed E-state index contributed by atoms with van der Waals surface area (Å²) < 4.78 is 0. The summed E-state index contributed by atoms with van der Waals surface area (Å²) in [5, 5.41) is 1.10. The molecule has 3 N–H and O–H groups in total. The number of nitrogens with zero attached hydrogens (tertiary/aromatic N) is 2. The lowest BCUT2D eigenvalue weighted by Gasteiger charge is -2.15. The molecule has 2 aromatic rings. The summed E-state index contributed by atoms with van der Waals surface area (Å²) in [6, 6.07) is 4.94. The lowest BCUT2D eigenvalue weighted by molar-refractivity contribution is 0.618. The third kappa shape index (κ3) is 2.92. The van der Waals surface area contributed by atoms with Gasteiger partial charge >= 0.3 is 0 Å². The zero-order valence-corrected chi connectivity index (χ0v) is 10.3. The number of aromatic nitrogens is 2. The minimum atomic E-state index is -0.292. The summed E-state index contributed by atoms with van der Waals surface area (Å²) in [5.74, 6) is 5.53. The van der Waals surface area contributed by atoms with Crippen molar-refractivity contribution in [3.05, 3.63) is 58.1 Å². The van der Waals surface area contributed by atoms with Gasteiger partial charge in [0.05, 0.1) is 17.9 Å². The number of hydrogen-bond acceptors (Lipinski definition) is 4. The number of nitrogens with one attached hydrogen (secondary N) is 1. The average Bonchev–Trinajstić information content (AvgIpc) is 2.30. The maximum Gasteiger partial charge on any atom is 0.0898 e. The Balaban J connectivity index is 2.42. The molecule has 0 saturated carbocycles. The van der Waals surface area contributed by atoms with E-state index in [9.17, 15) is 0 Å². The van der Waals surface area contributed by atoms with Crippen LogP contribution in [0.1, 0.15) is 17.3 Å². The molecule has 17 heavy (non-hydrogen) atoms. The van der Waals surface area contributed by atoms with Gasteiger partial charge in [0, 0.05) is 22.4 Å². The first-order chi connectivity index (χ1) is 8.20. The molecule has 0 aliphatic rings. The molecule has 1 aromatic carbocycles. The third-order valence-corrected chi connectivity index (χ3v) is 2.70. The number of benzene rings is 1. The lowest BCUT2D eigenvalue weighted by atomic mass is 10.0. The number of hydrogen-bond donors (Lipinski definition) is 2. The van der Waals surface area contributed by atoms with E-state index in [1.165, 1.54) is 0 Å². The van der Waals surface area contributed by atoms with E-state index in [1.807, 2.05) is 0 Å². The van der Waals surface area contributed by atoms with Gasteiger partial charge in [0.15, 0.2) is 0 Å². The zero-order chi connectivity index (χ0) is 12.3. The normalized spacial score (nSPS) is 12.4. The fourth-order valence-corrected chi connectivity index (χ4v) is 2.10. The van der Waals surface area contributed by atoms with Crippen LogP contribution in [0.3, 0.4) is 0 Å². The second kappa shape index (κ2) is 5.42. The van der Waals surface area contributed by atoms with Gasteiger partial charge in [-0.15, -0.1) is 0 Å². The van der Waals surface area contributed by atoms with Crippen LogP contribution in [0.25, 0.3) is 0 Å². The van der Waals surface area contributed by atoms with Crippen molar-refractivity contribution in [2.45, 2.75) is 6.04 Å². The molecule has 2 rings (SSSR count). The van der Waals surface area contributed by atoms with E-state index in [0.29, 0.717) is 15.7 Å². The molecular weight excluding hydrogens is 259 g/mol. The van der Waals surface area contributed by atoms with Gasteiger partial charge in [0.1, 0.15) is 0 Å². The first kappa shape index (κ1) is 12.3. The van der Waals surface area contributed by atoms with E-state index in [4.69, 9.17) is 29.0 Å². The summed E-state index contributed by atoms with van der Waals surface area (Å²) in [7, 11) is 0. The molecule has 1 aromatic heterocycles. The maximum atomic E-state index is 5.95. The van der Waals surface area contributed by atoms with E-state index in [2.05, 4.69) is 15.4 Å². The molecule has 1 unspecified atom stereocenters. The average molecular weight is 269 g/mol. The lowest BCUT2D eigenvalue weighted by Crippen LogP contribution is -2.29. The summed E-state index contributed by atoms with van der Waals surface area (Å²) >= 11 is 11.9. The molecule has 1 atom stereocenters. The zero-order valence-electron chi connectivity index (χ0n) is 8.77. The molecular formula is C11H10Cl2N4. The van der Waals surface area contributed by atoms with E-state index in [0.717, 1.165) is 5.56 Å². The summed E-state index contributed by atoms with van der Waals surface area (Å²) in [4.78, 5) is 8.19. The quantitative estimate of drug-likeness (QED) is 0.663. The summed E-state index contributed by atoms with van der Waals surface area (Å²) in [5.41, 5.74) is 4.21. The molecule has 88 valence electrons. The number of hydrazine groups is 1. The SMILES string of the molecule is NNC(c1cc(Cl)cc(Cl)c1)c1cnccn1. The van der Waals surface area contributed by atoms with Gasteiger partial charge in [0.2, 0.25) is 0 Å². The molecule has 0 aliphatic heterocycles. The van der Waals surface area contributed by atoms with Crippen LogP contribution in [0.5, 0.6) is 0 Å². The van der Waals surface area contributed by atoms with Gasteiger partial charge in [-0.05, 0) is 23.8 Å². The Kier molecular flexibility index (Phi) is 3.91. The number of halogens is 2. The van der Waals surface area contributed by atoms with Crippen LogP contribution in [0.15, 0.2) is 36.8 Å². The van der Waals surface area contributed by atoms with Crippen molar-refractivity contribution in [3.63, 3.8) is 0 Å². The van der Waals surface area contributed by atoms with Crippen molar-refractivity contribution in [2.24, 2.45) is 5.84 Å². The largest absolute Gasteiger partial charge is 0.271 e. The fraction of sp³-hybridized carbons (Fsp3) is 0.0909. The van der Waals surface area contributed by atoms with Crippen molar-refractivity contribution in [1.82, 2.24) is 15.4 Å². The summed E-state index contributed by atoms with van der Waals surface area (Å²) in [6.45, 7) is 0. The molecule has 6 heteroatoms. The predicted molar refractivity (Wildman–Crippen MR) is 67.7 cm³/mol. The van der Waals surface area contributed by atoms with Crippen molar-refractivity contribution >= 4 is 23.2 Å². The maximum absolute atomic E-state index is 5.95. The van der Waals surface area contributed by atoms with Gasteiger partial charge in [-0.3, -0.25) is 15.8 Å². The molecule has 0 amide bonds. The molecule has 0 fully saturated rings. The monoisotopic (exact) mass is 268 g/mol. The van der Waals surface area contributed by atoms with Crippen LogP contribution in [-0.2, 0) is 0 Å². The van der Waals surface area contributed by atoms with Crippen molar-refractivity contribution in [3.8, 4) is 0 Å². The highest BCUT2D eigenvalue weighted by atomic mass is 35.5. The Bertz CT molecular complexity index is 484.